The van der Waals surface area contributed by atoms with E-state index in [0.29, 0.717) is 6.54 Å². The van der Waals surface area contributed by atoms with Gasteiger partial charge in [0.15, 0.2) is 0 Å². The van der Waals surface area contributed by atoms with Crippen molar-refractivity contribution >= 4 is 23.2 Å². The molecule has 8 heteroatoms. The molecule has 0 spiro atoms. The number of carbonyl (C=O) groups is 1. The molecule has 2 N–H and O–H groups in total. The third-order valence-corrected chi connectivity index (χ3v) is 3.08. The van der Waals surface area contributed by atoms with Crippen LogP contribution in [0, 0.1) is 17.0 Å². The van der Waals surface area contributed by atoms with Crippen LogP contribution < -0.4 is 5.32 Å². The normalized spacial score (nSPS) is 10.3. The third kappa shape index (κ3) is 2.94. The van der Waals surface area contributed by atoms with Crippen molar-refractivity contribution in [1.82, 2.24) is 15.5 Å². The first-order valence-corrected chi connectivity index (χ1v) is 6.08. The van der Waals surface area contributed by atoms with Gasteiger partial charge in [0.25, 0.3) is 11.6 Å². The minimum atomic E-state index is -0.598. The highest BCUT2D eigenvalue weighted by Gasteiger charge is 2.15. The second-order valence-corrected chi connectivity index (χ2v) is 4.53. The van der Waals surface area contributed by atoms with E-state index >= 15 is 0 Å². The number of aryl methyl sites for hydroxylation is 1. The maximum atomic E-state index is 11.9. The number of hydrogen-bond donors (Lipinski definition) is 2. The molecule has 1 aromatic heterocycles. The summed E-state index contributed by atoms with van der Waals surface area (Å²) in [5.41, 5.74) is 1.77. The van der Waals surface area contributed by atoms with Crippen molar-refractivity contribution in [2.45, 2.75) is 13.5 Å². The summed E-state index contributed by atoms with van der Waals surface area (Å²) < 4.78 is 0. The van der Waals surface area contributed by atoms with Crippen LogP contribution in [0.3, 0.4) is 0 Å². The molecular weight excluding hydrogens is 284 g/mol. The van der Waals surface area contributed by atoms with Crippen LogP contribution in [0.4, 0.5) is 5.69 Å². The van der Waals surface area contributed by atoms with E-state index in [1.54, 1.807) is 6.20 Å². The van der Waals surface area contributed by atoms with E-state index in [9.17, 15) is 14.9 Å². The van der Waals surface area contributed by atoms with Gasteiger partial charge < -0.3 is 5.32 Å². The molecule has 0 saturated heterocycles. The Morgan fingerprint density at radius 1 is 1.55 bits per heavy atom. The number of halogens is 1. The van der Waals surface area contributed by atoms with Gasteiger partial charge in [-0.25, -0.2) is 0 Å². The van der Waals surface area contributed by atoms with Gasteiger partial charge in [-0.15, -0.1) is 0 Å². The fourth-order valence-electron chi connectivity index (χ4n) is 1.63. The molecule has 2 rings (SSSR count). The maximum absolute atomic E-state index is 11.9. The van der Waals surface area contributed by atoms with Crippen molar-refractivity contribution in [2.75, 3.05) is 0 Å². The zero-order valence-corrected chi connectivity index (χ0v) is 11.3. The van der Waals surface area contributed by atoms with E-state index in [4.69, 9.17) is 11.6 Å². The quantitative estimate of drug-likeness (QED) is 0.666. The summed E-state index contributed by atoms with van der Waals surface area (Å²) in [6.45, 7) is 2.16. The largest absolute Gasteiger partial charge is 0.348 e. The number of benzene rings is 1. The fraction of sp³-hybridized carbons (Fsp3) is 0.167. The Morgan fingerprint density at radius 2 is 2.30 bits per heavy atom. The summed E-state index contributed by atoms with van der Waals surface area (Å²) in [5.74, 6) is -0.359. The smallest absolute Gasteiger partial charge is 0.287 e. The van der Waals surface area contributed by atoms with Gasteiger partial charge in [0.2, 0.25) is 0 Å². The van der Waals surface area contributed by atoms with E-state index in [1.165, 1.54) is 18.2 Å². The first kappa shape index (κ1) is 14.0. The Morgan fingerprint density at radius 3 is 2.85 bits per heavy atom. The van der Waals surface area contributed by atoms with Gasteiger partial charge in [0.05, 0.1) is 11.1 Å². The lowest BCUT2D eigenvalue weighted by Crippen LogP contribution is -2.22. The van der Waals surface area contributed by atoms with Crippen LogP contribution in [-0.2, 0) is 6.54 Å². The molecule has 1 amide bonds. The first-order valence-electron chi connectivity index (χ1n) is 5.70. The van der Waals surface area contributed by atoms with Crippen molar-refractivity contribution in [3.05, 3.63) is 56.4 Å². The molecule has 0 saturated carbocycles. The van der Waals surface area contributed by atoms with Gasteiger partial charge in [0.1, 0.15) is 5.02 Å². The van der Waals surface area contributed by atoms with Crippen LogP contribution in [0.5, 0.6) is 0 Å². The number of nitrogens with zero attached hydrogens (tertiary/aromatic N) is 2. The zero-order chi connectivity index (χ0) is 14.7. The van der Waals surface area contributed by atoms with Crippen LogP contribution in [0.25, 0.3) is 0 Å². The van der Waals surface area contributed by atoms with E-state index in [-0.39, 0.29) is 22.2 Å². The molecule has 2 aromatic rings. The van der Waals surface area contributed by atoms with Crippen molar-refractivity contribution < 1.29 is 9.72 Å². The number of amides is 1. The second-order valence-electron chi connectivity index (χ2n) is 4.13. The summed E-state index contributed by atoms with van der Waals surface area (Å²) in [4.78, 5) is 21.9. The van der Waals surface area contributed by atoms with Crippen molar-refractivity contribution in [3.63, 3.8) is 0 Å². The molecule has 104 valence electrons. The lowest BCUT2D eigenvalue weighted by molar-refractivity contribution is -0.384. The van der Waals surface area contributed by atoms with Crippen molar-refractivity contribution in [1.29, 1.82) is 0 Å². The minimum absolute atomic E-state index is 0.0675. The van der Waals surface area contributed by atoms with Gasteiger partial charge in [-0.3, -0.25) is 20.0 Å². The molecular formula is C12H11ClN4O3. The standard InChI is InChI=1S/C12H11ClN4O3/c1-7-9(6-15-16-7)5-14-12(18)8-2-3-11(17(19)20)10(13)4-8/h2-4,6H,5H2,1H3,(H,14,18)(H,15,16). The van der Waals surface area contributed by atoms with Gasteiger partial charge in [0, 0.05) is 29.4 Å². The Balaban J connectivity index is 2.08. The average Bonchev–Trinajstić information content (AvgIpc) is 2.81. The van der Waals surface area contributed by atoms with Gasteiger partial charge in [-0.2, -0.15) is 5.10 Å². The molecule has 1 aromatic carbocycles. The van der Waals surface area contributed by atoms with Gasteiger partial charge >= 0.3 is 0 Å². The third-order valence-electron chi connectivity index (χ3n) is 2.78. The zero-order valence-electron chi connectivity index (χ0n) is 10.5. The summed E-state index contributed by atoms with van der Waals surface area (Å²) in [7, 11) is 0. The highest BCUT2D eigenvalue weighted by atomic mass is 35.5. The Kier molecular flexibility index (Phi) is 3.99. The summed E-state index contributed by atoms with van der Waals surface area (Å²) in [6, 6.07) is 3.85. The highest BCUT2D eigenvalue weighted by Crippen LogP contribution is 2.24. The monoisotopic (exact) mass is 294 g/mol. The lowest BCUT2D eigenvalue weighted by Gasteiger charge is -2.05. The molecule has 0 fully saturated rings. The Hall–Kier alpha value is -2.41. The van der Waals surface area contributed by atoms with Gasteiger partial charge in [-0.1, -0.05) is 11.6 Å². The SMILES string of the molecule is Cc1[nH]ncc1CNC(=O)c1ccc([N+](=O)[O-])c(Cl)c1. The molecule has 0 aliphatic carbocycles. The molecule has 1 heterocycles. The fourth-order valence-corrected chi connectivity index (χ4v) is 1.88. The molecule has 0 unspecified atom stereocenters. The predicted octanol–water partition coefficient (Wildman–Crippen LogP) is 2.21. The second kappa shape index (κ2) is 5.70. The number of carbonyl (C=O) groups excluding carboxylic acids is 1. The van der Waals surface area contributed by atoms with Crippen LogP contribution in [0.15, 0.2) is 24.4 Å². The van der Waals surface area contributed by atoms with Crippen LogP contribution in [0.1, 0.15) is 21.6 Å². The van der Waals surface area contributed by atoms with E-state index in [2.05, 4.69) is 15.5 Å². The number of aromatic nitrogens is 2. The number of aromatic amines is 1. The Labute approximate surface area is 119 Å². The number of rotatable bonds is 4. The molecule has 0 atom stereocenters. The lowest BCUT2D eigenvalue weighted by atomic mass is 10.2. The number of nitrogens with one attached hydrogen (secondary N) is 2. The van der Waals surface area contributed by atoms with Crippen LogP contribution in [0.2, 0.25) is 5.02 Å². The number of hydrogen-bond acceptors (Lipinski definition) is 4. The molecule has 7 nitrogen and oxygen atoms in total. The topological polar surface area (TPSA) is 101 Å². The average molecular weight is 295 g/mol. The predicted molar refractivity (Wildman–Crippen MR) is 72.6 cm³/mol. The van der Waals surface area contributed by atoms with E-state index < -0.39 is 4.92 Å². The molecule has 0 aliphatic rings. The van der Waals surface area contributed by atoms with Crippen LogP contribution >= 0.6 is 11.6 Å². The molecule has 0 bridgehead atoms. The Bertz CT molecular complexity index is 668. The summed E-state index contributed by atoms with van der Waals surface area (Å²) in [5, 5.41) is 19.9. The van der Waals surface area contributed by atoms with Gasteiger partial charge in [-0.05, 0) is 19.1 Å². The molecule has 20 heavy (non-hydrogen) atoms. The molecule has 0 radical (unpaired) electrons. The van der Waals surface area contributed by atoms with E-state index in [1.807, 2.05) is 6.92 Å². The highest BCUT2D eigenvalue weighted by molar-refractivity contribution is 6.33. The van der Waals surface area contributed by atoms with Crippen molar-refractivity contribution in [2.24, 2.45) is 0 Å². The van der Waals surface area contributed by atoms with Crippen molar-refractivity contribution in [3.8, 4) is 0 Å². The summed E-state index contributed by atoms with van der Waals surface area (Å²) in [6.07, 6.45) is 1.62. The first-order chi connectivity index (χ1) is 9.49. The maximum Gasteiger partial charge on any atom is 0.287 e. The van der Waals surface area contributed by atoms with Crippen LogP contribution in [-0.4, -0.2) is 21.0 Å². The van der Waals surface area contributed by atoms with E-state index in [0.717, 1.165) is 11.3 Å². The molecule has 0 aliphatic heterocycles. The number of nitro groups is 1. The minimum Gasteiger partial charge on any atom is -0.348 e. The summed E-state index contributed by atoms with van der Waals surface area (Å²) >= 11 is 5.76. The number of H-pyrrole nitrogens is 1. The number of nitro benzene ring substituents is 1.